The van der Waals surface area contributed by atoms with E-state index in [0.717, 1.165) is 6.26 Å². The van der Waals surface area contributed by atoms with Crippen LogP contribution in [0.5, 0.6) is 0 Å². The molecule has 0 saturated heterocycles. The summed E-state index contributed by atoms with van der Waals surface area (Å²) in [5.74, 6) is 0. The Hall–Kier alpha value is -1.35. The molecule has 3 heteroatoms. The Balaban J connectivity index is 4.20. The van der Waals surface area contributed by atoms with E-state index in [9.17, 15) is 4.39 Å². The van der Waals surface area contributed by atoms with Crippen molar-refractivity contribution in [3.63, 3.8) is 0 Å². The van der Waals surface area contributed by atoms with Crippen molar-refractivity contribution < 1.29 is 14.2 Å². The van der Waals surface area contributed by atoms with Crippen molar-refractivity contribution >= 4 is 0 Å². The molecule has 72 valence electrons. The molecule has 0 aliphatic heterocycles. The van der Waals surface area contributed by atoms with E-state index < -0.39 is 6.36 Å². The fourth-order valence-corrected chi connectivity index (χ4v) is 0.610. The van der Waals surface area contributed by atoms with Crippen LogP contribution in [0.15, 0.2) is 48.8 Å². The molecule has 0 radical (unpaired) electrons. The third-order valence-electron chi connectivity index (χ3n) is 1.28. The van der Waals surface area contributed by atoms with E-state index in [1.807, 2.05) is 0 Å². The Bertz CT molecular complexity index is 229. The topological polar surface area (TPSA) is 29.5 Å². The van der Waals surface area contributed by atoms with Crippen molar-refractivity contribution in [3.05, 3.63) is 48.8 Å². The molecule has 1 atom stereocenters. The average molecular weight is 184 g/mol. The lowest BCUT2D eigenvalue weighted by molar-refractivity contribution is 0.0351. The Morgan fingerprint density at radius 2 is 2.31 bits per heavy atom. The summed E-state index contributed by atoms with van der Waals surface area (Å²) in [6.07, 6.45) is 6.81. The zero-order chi connectivity index (χ0) is 10.1. The van der Waals surface area contributed by atoms with Crippen LogP contribution in [-0.2, 0) is 4.74 Å². The Labute approximate surface area is 77.3 Å². The summed E-state index contributed by atoms with van der Waals surface area (Å²) in [6.45, 7) is 3.51. The third kappa shape index (κ3) is 5.87. The average Bonchev–Trinajstić information content (AvgIpc) is 2.16. The fraction of sp³-hybridized carbons (Fsp3) is 0.200. The molecule has 1 unspecified atom stereocenters. The van der Waals surface area contributed by atoms with E-state index in [1.165, 1.54) is 31.4 Å². The first-order valence-corrected chi connectivity index (χ1v) is 3.73. The maximum absolute atomic E-state index is 12.4. The standard InChI is InChI=1S/C10H13FO2/c1-3-9(7-8-12)5-4-6-10(11)13-2/h3-8,10,12H,1H2,2H3/b6-4+,8-7-,9-5-. The minimum Gasteiger partial charge on any atom is -0.516 e. The van der Waals surface area contributed by atoms with Crippen LogP contribution in [0.3, 0.4) is 0 Å². The summed E-state index contributed by atoms with van der Waals surface area (Å²) >= 11 is 0. The van der Waals surface area contributed by atoms with Crippen LogP contribution in [0.2, 0.25) is 0 Å². The molecule has 0 spiro atoms. The number of ether oxygens (including phenoxy) is 1. The van der Waals surface area contributed by atoms with Gasteiger partial charge in [-0.05, 0) is 17.7 Å². The molecule has 0 rings (SSSR count). The predicted molar refractivity (Wildman–Crippen MR) is 51.1 cm³/mol. The van der Waals surface area contributed by atoms with Gasteiger partial charge in [-0.15, -0.1) is 0 Å². The summed E-state index contributed by atoms with van der Waals surface area (Å²) in [5.41, 5.74) is 0.682. The molecule has 0 aliphatic carbocycles. The molecule has 1 N–H and O–H groups in total. The van der Waals surface area contributed by atoms with E-state index in [4.69, 9.17) is 5.11 Å². The summed E-state index contributed by atoms with van der Waals surface area (Å²) in [7, 11) is 1.28. The highest BCUT2D eigenvalue weighted by Gasteiger charge is 1.92. The first-order chi connectivity index (χ1) is 6.24. The molecule has 0 aromatic heterocycles. The van der Waals surface area contributed by atoms with Gasteiger partial charge in [-0.3, -0.25) is 0 Å². The smallest absolute Gasteiger partial charge is 0.218 e. The van der Waals surface area contributed by atoms with Crippen LogP contribution in [0.1, 0.15) is 0 Å². The van der Waals surface area contributed by atoms with Crippen LogP contribution in [0, 0.1) is 0 Å². The SMILES string of the molecule is C=CC(/C=C\O)=C/C=C/C(F)OC. The molecule has 0 saturated carbocycles. The third-order valence-corrected chi connectivity index (χ3v) is 1.28. The molecule has 0 fully saturated rings. The largest absolute Gasteiger partial charge is 0.516 e. The quantitative estimate of drug-likeness (QED) is 0.525. The zero-order valence-corrected chi connectivity index (χ0v) is 7.48. The van der Waals surface area contributed by atoms with Gasteiger partial charge in [-0.1, -0.05) is 24.8 Å². The minimum atomic E-state index is -1.40. The molecular formula is C10H13FO2. The van der Waals surface area contributed by atoms with Crippen molar-refractivity contribution in [3.8, 4) is 0 Å². The Kier molecular flexibility index (Phi) is 6.55. The monoisotopic (exact) mass is 184 g/mol. The summed E-state index contributed by atoms with van der Waals surface area (Å²) in [6, 6.07) is 0. The number of hydrogen-bond donors (Lipinski definition) is 1. The number of rotatable bonds is 5. The molecule has 2 nitrogen and oxygen atoms in total. The lowest BCUT2D eigenvalue weighted by atomic mass is 10.2. The van der Waals surface area contributed by atoms with Gasteiger partial charge in [0, 0.05) is 7.11 Å². The van der Waals surface area contributed by atoms with E-state index in [0.29, 0.717) is 5.57 Å². The molecule has 0 heterocycles. The van der Waals surface area contributed by atoms with Crippen LogP contribution < -0.4 is 0 Å². The van der Waals surface area contributed by atoms with Gasteiger partial charge in [0.05, 0.1) is 6.26 Å². The molecule has 0 aromatic carbocycles. The van der Waals surface area contributed by atoms with Crippen molar-refractivity contribution in [2.24, 2.45) is 0 Å². The molecule has 13 heavy (non-hydrogen) atoms. The maximum atomic E-state index is 12.4. The normalized spacial score (nSPS) is 15.4. The molecule has 0 aromatic rings. The van der Waals surface area contributed by atoms with Crippen LogP contribution >= 0.6 is 0 Å². The fourth-order valence-electron chi connectivity index (χ4n) is 0.610. The van der Waals surface area contributed by atoms with E-state index in [2.05, 4.69) is 11.3 Å². The number of aliphatic hydroxyl groups excluding tert-OH is 1. The van der Waals surface area contributed by atoms with E-state index >= 15 is 0 Å². The maximum Gasteiger partial charge on any atom is 0.218 e. The highest BCUT2D eigenvalue weighted by Crippen LogP contribution is 1.99. The van der Waals surface area contributed by atoms with Crippen molar-refractivity contribution in [2.75, 3.05) is 7.11 Å². The Morgan fingerprint density at radius 3 is 2.77 bits per heavy atom. The minimum absolute atomic E-state index is 0.682. The Morgan fingerprint density at radius 1 is 1.62 bits per heavy atom. The van der Waals surface area contributed by atoms with Crippen molar-refractivity contribution in [2.45, 2.75) is 6.36 Å². The molecule has 0 amide bonds. The number of halogens is 1. The van der Waals surface area contributed by atoms with Gasteiger partial charge in [0.1, 0.15) is 0 Å². The lowest BCUT2D eigenvalue weighted by Crippen LogP contribution is -1.95. The van der Waals surface area contributed by atoms with E-state index in [-0.39, 0.29) is 0 Å². The highest BCUT2D eigenvalue weighted by atomic mass is 19.1. The summed E-state index contributed by atoms with van der Waals surface area (Å²) in [4.78, 5) is 0. The zero-order valence-electron chi connectivity index (χ0n) is 7.48. The van der Waals surface area contributed by atoms with Crippen LogP contribution in [0.4, 0.5) is 4.39 Å². The predicted octanol–water partition coefficient (Wildman–Crippen LogP) is 2.67. The van der Waals surface area contributed by atoms with Crippen LogP contribution in [0.25, 0.3) is 0 Å². The highest BCUT2D eigenvalue weighted by molar-refractivity contribution is 5.31. The lowest BCUT2D eigenvalue weighted by Gasteiger charge is -1.95. The van der Waals surface area contributed by atoms with Gasteiger partial charge < -0.3 is 9.84 Å². The molecule has 0 aliphatic rings. The van der Waals surface area contributed by atoms with Gasteiger partial charge >= 0.3 is 0 Å². The first kappa shape index (κ1) is 11.6. The van der Waals surface area contributed by atoms with Gasteiger partial charge in [-0.2, -0.15) is 0 Å². The summed E-state index contributed by atoms with van der Waals surface area (Å²) < 4.78 is 16.8. The van der Waals surface area contributed by atoms with Gasteiger partial charge in [0.2, 0.25) is 6.36 Å². The van der Waals surface area contributed by atoms with Crippen molar-refractivity contribution in [1.29, 1.82) is 0 Å². The summed E-state index contributed by atoms with van der Waals surface area (Å²) in [5, 5.41) is 8.43. The van der Waals surface area contributed by atoms with Gasteiger partial charge in [0.15, 0.2) is 0 Å². The number of allylic oxidation sites excluding steroid dienone is 5. The number of alkyl halides is 1. The van der Waals surface area contributed by atoms with Crippen LogP contribution in [-0.4, -0.2) is 18.6 Å². The molecule has 0 bridgehead atoms. The van der Waals surface area contributed by atoms with E-state index in [1.54, 1.807) is 6.08 Å². The number of methoxy groups -OCH3 is 1. The number of aliphatic hydroxyl groups is 1. The number of hydrogen-bond acceptors (Lipinski definition) is 2. The first-order valence-electron chi connectivity index (χ1n) is 3.73. The van der Waals surface area contributed by atoms with Gasteiger partial charge in [-0.25, -0.2) is 4.39 Å². The second-order valence-corrected chi connectivity index (χ2v) is 2.16. The second kappa shape index (κ2) is 7.31. The van der Waals surface area contributed by atoms with Gasteiger partial charge in [0.25, 0.3) is 0 Å². The molecular weight excluding hydrogens is 171 g/mol. The second-order valence-electron chi connectivity index (χ2n) is 2.16. The van der Waals surface area contributed by atoms with Crippen molar-refractivity contribution in [1.82, 2.24) is 0 Å².